The lowest BCUT2D eigenvalue weighted by atomic mass is 10.3. The molecule has 0 amide bonds. The number of furan rings is 1. The summed E-state index contributed by atoms with van der Waals surface area (Å²) in [7, 11) is 0. The van der Waals surface area contributed by atoms with Gasteiger partial charge in [-0.05, 0) is 25.1 Å². The zero-order chi connectivity index (χ0) is 11.5. The Balaban J connectivity index is 2.42. The summed E-state index contributed by atoms with van der Waals surface area (Å²) in [5.41, 5.74) is 5.49. The largest absolute Gasteiger partial charge is 0.476 e. The fourth-order valence-electron chi connectivity index (χ4n) is 1.33. The van der Waals surface area contributed by atoms with Crippen LogP contribution in [0.4, 0.5) is 0 Å². The van der Waals surface area contributed by atoms with Crippen LogP contribution in [0.5, 0.6) is 0 Å². The summed E-state index contributed by atoms with van der Waals surface area (Å²) in [5, 5.41) is 9.55. The van der Waals surface area contributed by atoms with Crippen molar-refractivity contribution in [3.05, 3.63) is 29.0 Å². The predicted octanol–water partition coefficient (Wildman–Crippen LogP) is 1.60. The molecule has 2 rings (SSSR count). The maximum Gasteiger partial charge on any atom is 0.355 e. The van der Waals surface area contributed by atoms with Crippen LogP contribution >= 0.6 is 11.3 Å². The molecule has 0 aliphatic heterocycles. The molecule has 0 aliphatic rings. The van der Waals surface area contributed by atoms with E-state index in [1.165, 1.54) is 17.6 Å². The molecule has 0 spiro atoms. The van der Waals surface area contributed by atoms with Crippen molar-refractivity contribution in [1.29, 1.82) is 0 Å². The second-order valence-corrected chi connectivity index (χ2v) is 4.20. The van der Waals surface area contributed by atoms with Crippen LogP contribution in [0, 0.1) is 0 Å². The van der Waals surface area contributed by atoms with E-state index in [0.29, 0.717) is 28.6 Å². The van der Waals surface area contributed by atoms with E-state index in [4.69, 9.17) is 15.3 Å². The molecule has 2 aromatic heterocycles. The van der Waals surface area contributed by atoms with E-state index in [9.17, 15) is 4.79 Å². The normalized spacial score (nSPS) is 10.6. The average Bonchev–Trinajstić information content (AvgIpc) is 2.83. The first-order chi connectivity index (χ1) is 7.72. The van der Waals surface area contributed by atoms with Gasteiger partial charge in [-0.15, -0.1) is 11.3 Å². The van der Waals surface area contributed by atoms with E-state index < -0.39 is 5.97 Å². The Kier molecular flexibility index (Phi) is 3.02. The molecule has 0 aliphatic carbocycles. The summed E-state index contributed by atoms with van der Waals surface area (Å²) in [5.74, 6) is -0.451. The fraction of sp³-hybridized carbons (Fsp3) is 0.200. The van der Waals surface area contributed by atoms with E-state index in [0.717, 1.165) is 0 Å². The smallest absolute Gasteiger partial charge is 0.355 e. The lowest BCUT2D eigenvalue weighted by Gasteiger charge is -1.92. The SMILES string of the molecule is NCCc1sc(-c2ccco2)nc1C(=O)O. The number of aromatic carboxylic acids is 1. The minimum absolute atomic E-state index is 0.0712. The van der Waals surface area contributed by atoms with Gasteiger partial charge in [0.15, 0.2) is 16.5 Å². The van der Waals surface area contributed by atoms with Crippen molar-refractivity contribution in [2.45, 2.75) is 6.42 Å². The molecule has 0 fully saturated rings. The van der Waals surface area contributed by atoms with Crippen molar-refractivity contribution >= 4 is 17.3 Å². The van der Waals surface area contributed by atoms with E-state index in [-0.39, 0.29) is 5.69 Å². The van der Waals surface area contributed by atoms with Gasteiger partial charge >= 0.3 is 5.97 Å². The summed E-state index contributed by atoms with van der Waals surface area (Å²) in [4.78, 5) is 15.7. The standard InChI is InChI=1S/C10H10N2O3S/c11-4-3-7-8(10(13)14)12-9(16-7)6-2-1-5-15-6/h1-2,5H,3-4,11H2,(H,13,14). The molecule has 84 valence electrons. The van der Waals surface area contributed by atoms with Crippen LogP contribution < -0.4 is 5.73 Å². The molecule has 0 aromatic carbocycles. The second kappa shape index (κ2) is 4.46. The van der Waals surface area contributed by atoms with E-state index in [1.54, 1.807) is 12.1 Å². The molecule has 0 bridgehead atoms. The molecule has 0 unspecified atom stereocenters. The minimum atomic E-state index is -1.03. The number of nitrogens with two attached hydrogens (primary N) is 1. The molecule has 16 heavy (non-hydrogen) atoms. The van der Waals surface area contributed by atoms with Gasteiger partial charge in [0.25, 0.3) is 0 Å². The van der Waals surface area contributed by atoms with Crippen molar-refractivity contribution in [2.75, 3.05) is 6.54 Å². The Morgan fingerprint density at radius 2 is 2.44 bits per heavy atom. The van der Waals surface area contributed by atoms with Gasteiger partial charge in [0.1, 0.15) is 0 Å². The molecule has 0 atom stereocenters. The van der Waals surface area contributed by atoms with Crippen LogP contribution in [0.2, 0.25) is 0 Å². The van der Waals surface area contributed by atoms with Gasteiger partial charge in [0, 0.05) is 4.88 Å². The molecule has 2 aromatic rings. The number of carboxylic acids is 1. The lowest BCUT2D eigenvalue weighted by Crippen LogP contribution is -2.06. The summed E-state index contributed by atoms with van der Waals surface area (Å²) in [6.07, 6.45) is 2.04. The van der Waals surface area contributed by atoms with E-state index in [1.807, 2.05) is 0 Å². The molecule has 5 nitrogen and oxygen atoms in total. The molecule has 0 radical (unpaired) electrons. The quantitative estimate of drug-likeness (QED) is 0.844. The predicted molar refractivity (Wildman–Crippen MR) is 59.5 cm³/mol. The average molecular weight is 238 g/mol. The molecule has 6 heteroatoms. The monoisotopic (exact) mass is 238 g/mol. The van der Waals surface area contributed by atoms with Gasteiger partial charge in [-0.1, -0.05) is 0 Å². The summed E-state index contributed by atoms with van der Waals surface area (Å²) < 4.78 is 5.17. The first-order valence-corrected chi connectivity index (χ1v) is 5.51. The Morgan fingerprint density at radius 1 is 1.62 bits per heavy atom. The van der Waals surface area contributed by atoms with Gasteiger partial charge in [-0.2, -0.15) is 0 Å². The van der Waals surface area contributed by atoms with Gasteiger partial charge in [-0.25, -0.2) is 9.78 Å². The molecule has 2 heterocycles. The van der Waals surface area contributed by atoms with Gasteiger partial charge in [-0.3, -0.25) is 0 Å². The molecular formula is C10H10N2O3S. The first-order valence-electron chi connectivity index (χ1n) is 4.69. The maximum absolute atomic E-state index is 11.0. The van der Waals surface area contributed by atoms with Crippen LogP contribution in [-0.4, -0.2) is 22.6 Å². The highest BCUT2D eigenvalue weighted by molar-refractivity contribution is 7.15. The second-order valence-electron chi connectivity index (χ2n) is 3.11. The zero-order valence-corrected chi connectivity index (χ0v) is 9.16. The van der Waals surface area contributed by atoms with Crippen LogP contribution in [-0.2, 0) is 6.42 Å². The summed E-state index contributed by atoms with van der Waals surface area (Å²) in [6, 6.07) is 3.48. The van der Waals surface area contributed by atoms with Crippen LogP contribution in [0.1, 0.15) is 15.4 Å². The molecule has 0 saturated carbocycles. The number of nitrogens with zero attached hydrogens (tertiary/aromatic N) is 1. The third-order valence-electron chi connectivity index (χ3n) is 2.00. The Labute approximate surface area is 95.5 Å². The van der Waals surface area contributed by atoms with Crippen molar-refractivity contribution in [3.63, 3.8) is 0 Å². The number of hydrogen-bond donors (Lipinski definition) is 2. The molecule has 0 saturated heterocycles. The number of aromatic nitrogens is 1. The zero-order valence-electron chi connectivity index (χ0n) is 8.34. The van der Waals surface area contributed by atoms with Gasteiger partial charge < -0.3 is 15.3 Å². The van der Waals surface area contributed by atoms with Crippen LogP contribution in [0.25, 0.3) is 10.8 Å². The van der Waals surface area contributed by atoms with E-state index in [2.05, 4.69) is 4.98 Å². The lowest BCUT2D eigenvalue weighted by molar-refractivity contribution is 0.0690. The number of hydrogen-bond acceptors (Lipinski definition) is 5. The highest BCUT2D eigenvalue weighted by atomic mass is 32.1. The maximum atomic E-state index is 11.0. The molecule has 3 N–H and O–H groups in total. The van der Waals surface area contributed by atoms with Crippen molar-refractivity contribution in [3.8, 4) is 10.8 Å². The summed E-state index contributed by atoms with van der Waals surface area (Å²) >= 11 is 1.30. The van der Waals surface area contributed by atoms with E-state index >= 15 is 0 Å². The van der Waals surface area contributed by atoms with Crippen molar-refractivity contribution in [2.24, 2.45) is 5.73 Å². The Bertz CT molecular complexity index is 490. The van der Waals surface area contributed by atoms with Crippen molar-refractivity contribution in [1.82, 2.24) is 4.98 Å². The highest BCUT2D eigenvalue weighted by Gasteiger charge is 2.18. The topological polar surface area (TPSA) is 89.4 Å². The van der Waals surface area contributed by atoms with Crippen LogP contribution in [0.15, 0.2) is 22.8 Å². The van der Waals surface area contributed by atoms with Crippen molar-refractivity contribution < 1.29 is 14.3 Å². The third kappa shape index (κ3) is 1.98. The first kappa shape index (κ1) is 10.8. The number of carbonyl (C=O) groups is 1. The third-order valence-corrected chi connectivity index (χ3v) is 3.13. The minimum Gasteiger partial charge on any atom is -0.476 e. The molecular weight excluding hydrogens is 228 g/mol. The fourth-order valence-corrected chi connectivity index (χ4v) is 2.36. The van der Waals surface area contributed by atoms with Crippen LogP contribution in [0.3, 0.4) is 0 Å². The Hall–Kier alpha value is -1.66. The summed E-state index contributed by atoms with van der Waals surface area (Å²) in [6.45, 7) is 0.403. The van der Waals surface area contributed by atoms with Gasteiger partial charge in [0.05, 0.1) is 6.26 Å². The number of rotatable bonds is 4. The van der Waals surface area contributed by atoms with Gasteiger partial charge in [0.2, 0.25) is 0 Å². The number of carboxylic acid groups (broad SMARTS) is 1. The number of thiazole rings is 1. The Morgan fingerprint density at radius 3 is 3.00 bits per heavy atom. The highest BCUT2D eigenvalue weighted by Crippen LogP contribution is 2.28.